The van der Waals surface area contributed by atoms with Crippen LogP contribution in [-0.4, -0.2) is 17.1 Å². The summed E-state index contributed by atoms with van der Waals surface area (Å²) in [6.45, 7) is 0. The van der Waals surface area contributed by atoms with Crippen molar-refractivity contribution in [3.8, 4) is 17.1 Å². The molecule has 0 aliphatic carbocycles. The van der Waals surface area contributed by atoms with Crippen molar-refractivity contribution in [3.63, 3.8) is 0 Å². The molecular weight excluding hydrogens is 346 g/mol. The van der Waals surface area contributed by atoms with Gasteiger partial charge >= 0.3 is 0 Å². The molecule has 128 valence electrons. The second-order valence-corrected chi connectivity index (χ2v) is 6.21. The highest BCUT2D eigenvalue weighted by atomic mass is 35.5. The summed E-state index contributed by atoms with van der Waals surface area (Å²) in [6, 6.07) is 23.2. The van der Waals surface area contributed by atoms with Crippen molar-refractivity contribution in [2.24, 2.45) is 0 Å². The number of fused-ring (bicyclic) bond motifs is 1. The number of nitrogens with zero attached hydrogens (tertiary/aromatic N) is 2. The lowest BCUT2D eigenvalue weighted by atomic mass is 10.2. The van der Waals surface area contributed by atoms with E-state index in [0.29, 0.717) is 10.8 Å². The second-order valence-electron chi connectivity index (χ2n) is 5.78. The van der Waals surface area contributed by atoms with Crippen molar-refractivity contribution in [2.45, 2.75) is 0 Å². The minimum absolute atomic E-state index is 0.644. The van der Waals surface area contributed by atoms with Gasteiger partial charge in [0.2, 0.25) is 0 Å². The SMILES string of the molecule is COc1ccc(Nc2nc(-c3ccccc3)nc3cc(Cl)ccc23)cc1. The number of methoxy groups -OCH3 is 1. The molecule has 0 fully saturated rings. The molecular formula is C21H16ClN3O. The van der Waals surface area contributed by atoms with E-state index in [4.69, 9.17) is 21.3 Å². The maximum atomic E-state index is 6.17. The van der Waals surface area contributed by atoms with E-state index < -0.39 is 0 Å². The number of aromatic nitrogens is 2. The lowest BCUT2D eigenvalue weighted by Gasteiger charge is -2.12. The fourth-order valence-corrected chi connectivity index (χ4v) is 2.89. The fraction of sp³-hybridized carbons (Fsp3) is 0.0476. The largest absolute Gasteiger partial charge is 0.497 e. The molecule has 26 heavy (non-hydrogen) atoms. The standard InChI is InChI=1S/C21H16ClN3O/c1-26-17-10-8-16(9-11-17)23-21-18-12-7-15(22)13-19(18)24-20(25-21)14-5-3-2-4-6-14/h2-13H,1H3,(H,23,24,25). The molecule has 4 nitrogen and oxygen atoms in total. The van der Waals surface area contributed by atoms with Crippen molar-refractivity contribution in [3.05, 3.63) is 77.8 Å². The van der Waals surface area contributed by atoms with E-state index in [1.807, 2.05) is 72.8 Å². The summed E-state index contributed by atoms with van der Waals surface area (Å²) in [5.74, 6) is 2.19. The Balaban J connectivity index is 1.83. The van der Waals surface area contributed by atoms with Gasteiger partial charge in [0.05, 0.1) is 12.6 Å². The van der Waals surface area contributed by atoms with Gasteiger partial charge in [-0.3, -0.25) is 0 Å². The molecule has 0 amide bonds. The highest BCUT2D eigenvalue weighted by molar-refractivity contribution is 6.31. The molecule has 0 saturated heterocycles. The maximum Gasteiger partial charge on any atom is 0.162 e. The molecule has 1 N–H and O–H groups in total. The van der Waals surface area contributed by atoms with Crippen LogP contribution in [0.15, 0.2) is 72.8 Å². The molecule has 0 radical (unpaired) electrons. The minimum atomic E-state index is 0.644. The number of nitrogens with one attached hydrogen (secondary N) is 1. The molecule has 4 rings (SSSR count). The van der Waals surface area contributed by atoms with Crippen LogP contribution in [0.4, 0.5) is 11.5 Å². The lowest BCUT2D eigenvalue weighted by Crippen LogP contribution is -1.99. The molecule has 5 heteroatoms. The van der Waals surface area contributed by atoms with Crippen LogP contribution in [0.3, 0.4) is 0 Å². The van der Waals surface area contributed by atoms with E-state index in [1.54, 1.807) is 7.11 Å². The Hall–Kier alpha value is -3.11. The normalized spacial score (nSPS) is 10.7. The third-order valence-corrected chi connectivity index (χ3v) is 4.28. The Kier molecular flexibility index (Phi) is 4.42. The van der Waals surface area contributed by atoms with E-state index in [-0.39, 0.29) is 0 Å². The van der Waals surface area contributed by atoms with Gasteiger partial charge in [-0.15, -0.1) is 0 Å². The summed E-state index contributed by atoms with van der Waals surface area (Å²) >= 11 is 6.17. The third-order valence-electron chi connectivity index (χ3n) is 4.04. The molecule has 0 bridgehead atoms. The van der Waals surface area contributed by atoms with E-state index in [1.165, 1.54) is 0 Å². The Morgan fingerprint density at radius 3 is 2.38 bits per heavy atom. The predicted molar refractivity (Wildman–Crippen MR) is 106 cm³/mol. The Labute approximate surface area is 156 Å². The van der Waals surface area contributed by atoms with Gasteiger partial charge in [0, 0.05) is 21.7 Å². The minimum Gasteiger partial charge on any atom is -0.497 e. The summed E-state index contributed by atoms with van der Waals surface area (Å²) < 4.78 is 5.21. The molecule has 0 atom stereocenters. The third kappa shape index (κ3) is 3.32. The molecule has 4 aromatic rings. The van der Waals surface area contributed by atoms with Gasteiger partial charge < -0.3 is 10.1 Å². The Morgan fingerprint density at radius 1 is 0.885 bits per heavy atom. The van der Waals surface area contributed by atoms with Crippen molar-refractivity contribution in [1.82, 2.24) is 9.97 Å². The highest BCUT2D eigenvalue weighted by Gasteiger charge is 2.10. The Bertz CT molecular complexity index is 1050. The van der Waals surface area contributed by atoms with Gasteiger partial charge in [0.25, 0.3) is 0 Å². The zero-order valence-corrected chi connectivity index (χ0v) is 14.9. The van der Waals surface area contributed by atoms with Gasteiger partial charge in [-0.05, 0) is 42.5 Å². The van der Waals surface area contributed by atoms with Crippen LogP contribution in [0.2, 0.25) is 5.02 Å². The van der Waals surface area contributed by atoms with Gasteiger partial charge in [0.15, 0.2) is 5.82 Å². The average molecular weight is 362 g/mol. The van der Waals surface area contributed by atoms with Crippen LogP contribution in [0.5, 0.6) is 5.75 Å². The first-order valence-corrected chi connectivity index (χ1v) is 8.54. The summed E-state index contributed by atoms with van der Waals surface area (Å²) in [6.07, 6.45) is 0. The number of halogens is 1. The first-order chi connectivity index (χ1) is 12.7. The van der Waals surface area contributed by atoms with Crippen molar-refractivity contribution in [2.75, 3.05) is 12.4 Å². The topological polar surface area (TPSA) is 47.0 Å². The van der Waals surface area contributed by atoms with Crippen LogP contribution in [0.1, 0.15) is 0 Å². The number of hydrogen-bond acceptors (Lipinski definition) is 4. The monoisotopic (exact) mass is 361 g/mol. The second kappa shape index (κ2) is 7.02. The highest BCUT2D eigenvalue weighted by Crippen LogP contribution is 2.29. The zero-order valence-electron chi connectivity index (χ0n) is 14.1. The van der Waals surface area contributed by atoms with Gasteiger partial charge in [-0.25, -0.2) is 9.97 Å². The number of benzene rings is 3. The van der Waals surface area contributed by atoms with Crippen LogP contribution in [0.25, 0.3) is 22.3 Å². The summed E-state index contributed by atoms with van der Waals surface area (Å²) in [4.78, 5) is 9.42. The van der Waals surface area contributed by atoms with Crippen molar-refractivity contribution < 1.29 is 4.74 Å². The molecule has 0 aliphatic rings. The summed E-state index contributed by atoms with van der Waals surface area (Å²) in [7, 11) is 1.65. The molecule has 0 saturated carbocycles. The zero-order chi connectivity index (χ0) is 17.9. The van der Waals surface area contributed by atoms with E-state index in [2.05, 4.69) is 10.3 Å². The smallest absolute Gasteiger partial charge is 0.162 e. The van der Waals surface area contributed by atoms with Crippen molar-refractivity contribution in [1.29, 1.82) is 0 Å². The lowest BCUT2D eigenvalue weighted by molar-refractivity contribution is 0.415. The average Bonchev–Trinajstić information content (AvgIpc) is 2.69. The first kappa shape index (κ1) is 16.4. The summed E-state index contributed by atoms with van der Waals surface area (Å²) in [5, 5.41) is 4.93. The predicted octanol–water partition coefficient (Wildman–Crippen LogP) is 5.70. The molecule has 3 aromatic carbocycles. The van der Waals surface area contributed by atoms with E-state index in [9.17, 15) is 0 Å². The van der Waals surface area contributed by atoms with Crippen LogP contribution in [-0.2, 0) is 0 Å². The van der Waals surface area contributed by atoms with Gasteiger partial charge in [0.1, 0.15) is 11.6 Å². The van der Waals surface area contributed by atoms with Crippen molar-refractivity contribution >= 4 is 34.0 Å². The molecule has 0 unspecified atom stereocenters. The molecule has 0 spiro atoms. The molecule has 1 heterocycles. The maximum absolute atomic E-state index is 6.17. The number of hydrogen-bond donors (Lipinski definition) is 1. The van der Waals surface area contributed by atoms with Crippen LogP contribution >= 0.6 is 11.6 Å². The van der Waals surface area contributed by atoms with E-state index in [0.717, 1.165) is 33.7 Å². The van der Waals surface area contributed by atoms with E-state index >= 15 is 0 Å². The number of rotatable bonds is 4. The first-order valence-electron chi connectivity index (χ1n) is 8.17. The quantitative estimate of drug-likeness (QED) is 0.506. The number of ether oxygens (including phenoxy) is 1. The van der Waals surface area contributed by atoms with Gasteiger partial charge in [-0.1, -0.05) is 41.9 Å². The molecule has 1 aromatic heterocycles. The van der Waals surface area contributed by atoms with Crippen LogP contribution in [0, 0.1) is 0 Å². The van der Waals surface area contributed by atoms with Gasteiger partial charge in [-0.2, -0.15) is 0 Å². The van der Waals surface area contributed by atoms with Crippen LogP contribution < -0.4 is 10.1 Å². The summed E-state index contributed by atoms with van der Waals surface area (Å²) in [5.41, 5.74) is 2.66. The Morgan fingerprint density at radius 2 is 1.65 bits per heavy atom. The number of anilines is 2. The molecule has 0 aliphatic heterocycles. The fourth-order valence-electron chi connectivity index (χ4n) is 2.73.